The number of hydrogen-bond donors (Lipinski definition) is 0. The molecule has 1 saturated carbocycles. The first-order valence-electron chi connectivity index (χ1n) is 5.14. The Hall–Kier alpha value is -0.0800. The van der Waals surface area contributed by atoms with Crippen molar-refractivity contribution in [1.82, 2.24) is 4.90 Å². The molecule has 2 nitrogen and oxygen atoms in total. The first-order chi connectivity index (χ1) is 5.81. The highest BCUT2D eigenvalue weighted by molar-refractivity contribution is 4.99. The van der Waals surface area contributed by atoms with Gasteiger partial charge in [0.2, 0.25) is 0 Å². The Bertz CT molecular complexity index is 126. The summed E-state index contributed by atoms with van der Waals surface area (Å²) in [7, 11) is 0. The van der Waals surface area contributed by atoms with Crippen molar-refractivity contribution in [3.8, 4) is 0 Å². The molecule has 0 unspecified atom stereocenters. The third kappa shape index (κ3) is 2.20. The van der Waals surface area contributed by atoms with Crippen LogP contribution in [0.2, 0.25) is 0 Å². The summed E-state index contributed by atoms with van der Waals surface area (Å²) >= 11 is 0. The van der Waals surface area contributed by atoms with Gasteiger partial charge in [-0.05, 0) is 19.8 Å². The van der Waals surface area contributed by atoms with Crippen molar-refractivity contribution >= 4 is 0 Å². The van der Waals surface area contributed by atoms with Gasteiger partial charge in [-0.1, -0.05) is 13.8 Å². The lowest BCUT2D eigenvalue weighted by Gasteiger charge is -2.32. The van der Waals surface area contributed by atoms with Crippen LogP contribution in [-0.4, -0.2) is 36.7 Å². The summed E-state index contributed by atoms with van der Waals surface area (Å²) in [6, 6.07) is 0. The molecule has 0 amide bonds. The minimum Gasteiger partial charge on any atom is -0.379 e. The van der Waals surface area contributed by atoms with Crippen molar-refractivity contribution in [3.05, 3.63) is 0 Å². The number of hydrogen-bond acceptors (Lipinski definition) is 2. The molecule has 72 valence electrons. The minimum atomic E-state index is 0.573. The van der Waals surface area contributed by atoms with Crippen molar-refractivity contribution in [2.45, 2.75) is 39.2 Å². The maximum absolute atomic E-state index is 5.28. The second-order valence-corrected chi connectivity index (χ2v) is 3.60. The van der Waals surface area contributed by atoms with Crippen LogP contribution >= 0.6 is 0 Å². The number of morpholine rings is 1. The second kappa shape index (κ2) is 4.24. The van der Waals surface area contributed by atoms with E-state index in [1.54, 1.807) is 0 Å². The molecule has 2 rings (SSSR count). The largest absolute Gasteiger partial charge is 0.379 e. The summed E-state index contributed by atoms with van der Waals surface area (Å²) in [4.78, 5) is 2.57. The van der Waals surface area contributed by atoms with Crippen molar-refractivity contribution < 1.29 is 4.74 Å². The van der Waals surface area contributed by atoms with E-state index in [-0.39, 0.29) is 0 Å². The molecule has 2 heteroatoms. The van der Waals surface area contributed by atoms with Crippen molar-refractivity contribution in [1.29, 1.82) is 0 Å². The molecule has 1 aliphatic carbocycles. The molecule has 0 radical (unpaired) electrons. The molecule has 0 spiro atoms. The molecule has 0 aromatic heterocycles. The fraction of sp³-hybridized carbons (Fsp3) is 1.00. The molecule has 0 N–H and O–H groups in total. The summed E-state index contributed by atoms with van der Waals surface area (Å²) in [6.07, 6.45) is 2.79. The molecule has 0 aromatic rings. The fourth-order valence-electron chi connectivity index (χ4n) is 1.60. The number of ether oxygens (including phenoxy) is 1. The lowest BCUT2D eigenvalue weighted by atomic mass is 10.2. The first kappa shape index (κ1) is 10.0. The van der Waals surface area contributed by atoms with E-state index in [0.717, 1.165) is 26.3 Å². The molecule has 2 aliphatic rings. The van der Waals surface area contributed by atoms with Gasteiger partial charge in [-0.3, -0.25) is 4.90 Å². The summed E-state index contributed by atoms with van der Waals surface area (Å²) in [5.74, 6) is 0. The third-order valence-electron chi connectivity index (χ3n) is 2.75. The van der Waals surface area contributed by atoms with E-state index in [9.17, 15) is 0 Å². The van der Waals surface area contributed by atoms with Gasteiger partial charge in [0.05, 0.1) is 13.2 Å². The van der Waals surface area contributed by atoms with Crippen LogP contribution in [0.15, 0.2) is 0 Å². The maximum Gasteiger partial charge on any atom is 0.0594 e. The fourth-order valence-corrected chi connectivity index (χ4v) is 1.60. The molecule has 2 fully saturated rings. The molecule has 0 aromatic carbocycles. The maximum atomic E-state index is 5.28. The molecule has 1 heterocycles. The van der Waals surface area contributed by atoms with E-state index in [1.165, 1.54) is 12.8 Å². The number of nitrogens with zero attached hydrogens (tertiary/aromatic N) is 1. The summed E-state index contributed by atoms with van der Waals surface area (Å²) in [6.45, 7) is 10.5. The minimum absolute atomic E-state index is 0.573. The van der Waals surface area contributed by atoms with E-state index in [1.807, 2.05) is 13.8 Å². The van der Waals surface area contributed by atoms with Gasteiger partial charge in [0.1, 0.15) is 0 Å². The second-order valence-electron chi connectivity index (χ2n) is 3.60. The van der Waals surface area contributed by atoms with Crippen LogP contribution in [0.5, 0.6) is 0 Å². The van der Waals surface area contributed by atoms with E-state index < -0.39 is 0 Å². The Kier molecular flexibility index (Phi) is 3.53. The lowest BCUT2D eigenvalue weighted by molar-refractivity contribution is 0.0139. The van der Waals surface area contributed by atoms with E-state index in [2.05, 4.69) is 11.8 Å². The Labute approximate surface area is 75.9 Å². The highest BCUT2D eigenvalue weighted by atomic mass is 16.5. The number of rotatable bonds is 1. The van der Waals surface area contributed by atoms with Gasteiger partial charge in [-0.25, -0.2) is 0 Å². The Morgan fingerprint density at radius 3 is 2.00 bits per heavy atom. The lowest BCUT2D eigenvalue weighted by Crippen LogP contribution is -2.43. The average Bonchev–Trinajstić information content (AvgIpc) is 2.90. The monoisotopic (exact) mass is 171 g/mol. The smallest absolute Gasteiger partial charge is 0.0594 e. The van der Waals surface area contributed by atoms with Crippen molar-refractivity contribution in [3.63, 3.8) is 0 Å². The van der Waals surface area contributed by atoms with Gasteiger partial charge >= 0.3 is 0 Å². The first-order valence-corrected chi connectivity index (χ1v) is 5.14. The van der Waals surface area contributed by atoms with Crippen LogP contribution in [0.3, 0.4) is 0 Å². The quantitative estimate of drug-likeness (QED) is 0.597. The highest BCUT2D eigenvalue weighted by Crippen LogP contribution is 2.41. The normalized spacial score (nSPS) is 27.2. The van der Waals surface area contributed by atoms with E-state index in [0.29, 0.717) is 5.54 Å². The third-order valence-corrected chi connectivity index (χ3v) is 2.75. The van der Waals surface area contributed by atoms with Crippen molar-refractivity contribution in [2.24, 2.45) is 0 Å². The zero-order chi connectivity index (χ0) is 9.03. The summed E-state index contributed by atoms with van der Waals surface area (Å²) in [5, 5.41) is 0. The van der Waals surface area contributed by atoms with Crippen LogP contribution in [-0.2, 0) is 4.74 Å². The average molecular weight is 171 g/mol. The summed E-state index contributed by atoms with van der Waals surface area (Å²) < 4.78 is 5.28. The van der Waals surface area contributed by atoms with Gasteiger partial charge in [0, 0.05) is 18.6 Å². The Balaban J connectivity index is 0.000000336. The molecule has 1 aliphatic heterocycles. The molecule has 0 atom stereocenters. The molecule has 12 heavy (non-hydrogen) atoms. The molecular weight excluding hydrogens is 150 g/mol. The zero-order valence-corrected chi connectivity index (χ0v) is 8.60. The van der Waals surface area contributed by atoms with Crippen molar-refractivity contribution in [2.75, 3.05) is 26.3 Å². The highest BCUT2D eigenvalue weighted by Gasteiger charge is 2.43. The van der Waals surface area contributed by atoms with Gasteiger partial charge in [-0.15, -0.1) is 0 Å². The summed E-state index contributed by atoms with van der Waals surface area (Å²) in [5.41, 5.74) is 0.573. The van der Waals surface area contributed by atoms with Crippen LogP contribution in [0, 0.1) is 0 Å². The topological polar surface area (TPSA) is 12.5 Å². The van der Waals surface area contributed by atoms with Crippen LogP contribution in [0.4, 0.5) is 0 Å². The van der Waals surface area contributed by atoms with Gasteiger partial charge in [0.15, 0.2) is 0 Å². The molecule has 0 bridgehead atoms. The van der Waals surface area contributed by atoms with Crippen LogP contribution in [0.1, 0.15) is 33.6 Å². The predicted octanol–water partition coefficient (Wildman–Crippen LogP) is 1.90. The van der Waals surface area contributed by atoms with E-state index in [4.69, 9.17) is 4.74 Å². The standard InChI is InChI=1S/C8H15NO.C2H6/c1-8(2-3-8)9-4-6-10-7-5-9;1-2/h2-7H2,1H3;1-2H3. The predicted molar refractivity (Wildman–Crippen MR) is 51.4 cm³/mol. The van der Waals surface area contributed by atoms with Gasteiger partial charge in [-0.2, -0.15) is 0 Å². The van der Waals surface area contributed by atoms with E-state index >= 15 is 0 Å². The van der Waals surface area contributed by atoms with Gasteiger partial charge in [0.25, 0.3) is 0 Å². The zero-order valence-electron chi connectivity index (χ0n) is 8.60. The Morgan fingerprint density at radius 2 is 1.58 bits per heavy atom. The molecular formula is C10H21NO. The SMILES string of the molecule is CC.CC1(N2CCOCC2)CC1. The van der Waals surface area contributed by atoms with Crippen LogP contribution in [0.25, 0.3) is 0 Å². The Morgan fingerprint density at radius 1 is 1.08 bits per heavy atom. The van der Waals surface area contributed by atoms with Gasteiger partial charge < -0.3 is 4.74 Å². The van der Waals surface area contributed by atoms with Crippen LogP contribution < -0.4 is 0 Å². The molecule has 1 saturated heterocycles.